The highest BCUT2D eigenvalue weighted by Crippen LogP contribution is 2.31. The Bertz CT molecular complexity index is 762. The number of benzene rings is 1. The van der Waals surface area contributed by atoms with Crippen LogP contribution in [0, 0.1) is 13.8 Å². The fourth-order valence-corrected chi connectivity index (χ4v) is 3.08. The molecule has 0 spiro atoms. The molecule has 0 aliphatic carbocycles. The molecule has 0 fully saturated rings. The first-order chi connectivity index (χ1) is 9.67. The first kappa shape index (κ1) is 13.1. The smallest absolute Gasteiger partial charge is 0.142 e. The normalized spacial score (nSPS) is 10.9. The van der Waals surface area contributed by atoms with E-state index in [9.17, 15) is 0 Å². The lowest BCUT2D eigenvalue weighted by atomic mass is 10.2. The van der Waals surface area contributed by atoms with Gasteiger partial charge in [-0.05, 0) is 31.5 Å². The van der Waals surface area contributed by atoms with Crippen LogP contribution in [-0.2, 0) is 6.42 Å². The summed E-state index contributed by atoms with van der Waals surface area (Å²) in [5.41, 5.74) is 2.31. The molecular weight excluding hydrogens is 266 g/mol. The van der Waals surface area contributed by atoms with Crippen molar-refractivity contribution in [2.45, 2.75) is 27.2 Å². The zero-order chi connectivity index (χ0) is 14.1. The second kappa shape index (κ2) is 5.21. The van der Waals surface area contributed by atoms with Crippen molar-refractivity contribution in [1.82, 2.24) is 9.97 Å². The minimum absolute atomic E-state index is 0.843. The molecule has 0 atom stereocenters. The van der Waals surface area contributed by atoms with Crippen LogP contribution in [0.3, 0.4) is 0 Å². The van der Waals surface area contributed by atoms with Crippen LogP contribution in [0.1, 0.15) is 23.2 Å². The summed E-state index contributed by atoms with van der Waals surface area (Å²) in [6, 6.07) is 10.4. The number of thiophene rings is 1. The molecule has 0 saturated heterocycles. The Balaban J connectivity index is 2.12. The van der Waals surface area contributed by atoms with Gasteiger partial charge in [-0.2, -0.15) is 0 Å². The van der Waals surface area contributed by atoms with Crippen molar-refractivity contribution in [1.29, 1.82) is 0 Å². The van der Waals surface area contributed by atoms with Gasteiger partial charge in [0, 0.05) is 17.0 Å². The molecule has 0 aliphatic heterocycles. The van der Waals surface area contributed by atoms with Gasteiger partial charge < -0.3 is 5.32 Å². The number of fused-ring (bicyclic) bond motifs is 1. The third kappa shape index (κ3) is 2.39. The van der Waals surface area contributed by atoms with Crippen molar-refractivity contribution >= 4 is 33.1 Å². The van der Waals surface area contributed by atoms with Crippen molar-refractivity contribution in [2.75, 3.05) is 5.32 Å². The maximum Gasteiger partial charge on any atom is 0.142 e. The first-order valence-electron chi connectivity index (χ1n) is 6.77. The molecule has 1 N–H and O–H groups in total. The Labute approximate surface area is 122 Å². The Morgan fingerprint density at radius 3 is 2.70 bits per heavy atom. The number of rotatable bonds is 3. The van der Waals surface area contributed by atoms with Gasteiger partial charge in [0.05, 0.1) is 5.39 Å². The van der Waals surface area contributed by atoms with Gasteiger partial charge in [0.15, 0.2) is 0 Å². The minimum Gasteiger partial charge on any atom is -0.339 e. The highest BCUT2D eigenvalue weighted by molar-refractivity contribution is 7.18. The predicted octanol–water partition coefficient (Wildman–Crippen LogP) is 4.61. The monoisotopic (exact) mass is 283 g/mol. The van der Waals surface area contributed by atoms with Crippen LogP contribution >= 0.6 is 11.3 Å². The maximum absolute atomic E-state index is 4.65. The summed E-state index contributed by atoms with van der Waals surface area (Å²) in [6.07, 6.45) is 0.843. The highest BCUT2D eigenvalue weighted by Gasteiger charge is 2.10. The molecule has 3 rings (SSSR count). The van der Waals surface area contributed by atoms with Gasteiger partial charge in [0.1, 0.15) is 16.5 Å². The summed E-state index contributed by atoms with van der Waals surface area (Å²) in [5, 5.41) is 4.56. The van der Waals surface area contributed by atoms with Crippen LogP contribution in [-0.4, -0.2) is 9.97 Å². The quantitative estimate of drug-likeness (QED) is 0.762. The van der Waals surface area contributed by atoms with Gasteiger partial charge in [0.25, 0.3) is 0 Å². The third-order valence-electron chi connectivity index (χ3n) is 3.28. The Kier molecular flexibility index (Phi) is 3.40. The molecule has 3 aromatic rings. The molecular formula is C16H17N3S. The minimum atomic E-state index is 0.843. The van der Waals surface area contributed by atoms with Gasteiger partial charge in [-0.25, -0.2) is 9.97 Å². The van der Waals surface area contributed by atoms with Crippen LogP contribution < -0.4 is 5.32 Å². The van der Waals surface area contributed by atoms with Gasteiger partial charge >= 0.3 is 0 Å². The van der Waals surface area contributed by atoms with Crippen molar-refractivity contribution in [3.05, 3.63) is 46.6 Å². The van der Waals surface area contributed by atoms with E-state index in [1.54, 1.807) is 11.3 Å². The van der Waals surface area contributed by atoms with E-state index >= 15 is 0 Å². The number of hydrogen-bond acceptors (Lipinski definition) is 4. The van der Waals surface area contributed by atoms with E-state index < -0.39 is 0 Å². The SMILES string of the molecule is CCc1nc(Nc2ccccc2C)c2cc(C)sc2n1. The molecule has 0 amide bonds. The Hall–Kier alpha value is -1.94. The molecule has 3 nitrogen and oxygen atoms in total. The zero-order valence-corrected chi connectivity index (χ0v) is 12.7. The fraction of sp³-hybridized carbons (Fsp3) is 0.250. The molecule has 0 radical (unpaired) electrons. The van der Waals surface area contributed by atoms with E-state index in [1.165, 1.54) is 10.4 Å². The Morgan fingerprint density at radius 1 is 1.15 bits per heavy atom. The average molecular weight is 283 g/mol. The standard InChI is InChI=1S/C16H17N3S/c1-4-14-18-15(12-9-11(3)20-16(12)19-14)17-13-8-6-5-7-10(13)2/h5-9H,4H2,1-3H3,(H,17,18,19). The van der Waals surface area contributed by atoms with E-state index in [2.05, 4.69) is 54.3 Å². The highest BCUT2D eigenvalue weighted by atomic mass is 32.1. The van der Waals surface area contributed by atoms with E-state index in [-0.39, 0.29) is 0 Å². The second-order valence-corrected chi connectivity index (χ2v) is 6.09. The number of hydrogen-bond donors (Lipinski definition) is 1. The predicted molar refractivity (Wildman–Crippen MR) is 86.0 cm³/mol. The van der Waals surface area contributed by atoms with Crippen molar-refractivity contribution in [3.8, 4) is 0 Å². The number of aryl methyl sites for hydroxylation is 3. The van der Waals surface area contributed by atoms with Crippen LogP contribution in [0.15, 0.2) is 30.3 Å². The molecule has 0 aliphatic rings. The van der Waals surface area contributed by atoms with Gasteiger partial charge in [-0.3, -0.25) is 0 Å². The van der Waals surface area contributed by atoms with Crippen molar-refractivity contribution in [2.24, 2.45) is 0 Å². The summed E-state index contributed by atoms with van der Waals surface area (Å²) in [7, 11) is 0. The van der Waals surface area contributed by atoms with E-state index in [4.69, 9.17) is 0 Å². The Morgan fingerprint density at radius 2 is 1.95 bits per heavy atom. The number of para-hydroxylation sites is 1. The molecule has 102 valence electrons. The lowest BCUT2D eigenvalue weighted by molar-refractivity contribution is 0.967. The molecule has 20 heavy (non-hydrogen) atoms. The number of nitrogens with one attached hydrogen (secondary N) is 1. The van der Waals surface area contributed by atoms with Crippen molar-refractivity contribution in [3.63, 3.8) is 0 Å². The van der Waals surface area contributed by atoms with Gasteiger partial charge in [-0.15, -0.1) is 11.3 Å². The van der Waals surface area contributed by atoms with Gasteiger partial charge in [0.2, 0.25) is 0 Å². The first-order valence-corrected chi connectivity index (χ1v) is 7.58. The lowest BCUT2D eigenvalue weighted by Crippen LogP contribution is -2.00. The molecule has 1 aromatic carbocycles. The van der Waals surface area contributed by atoms with Crippen molar-refractivity contribution < 1.29 is 0 Å². The van der Waals surface area contributed by atoms with E-state index in [1.807, 2.05) is 12.1 Å². The zero-order valence-electron chi connectivity index (χ0n) is 11.9. The molecule has 4 heteroatoms. The number of aromatic nitrogens is 2. The second-order valence-electron chi connectivity index (χ2n) is 4.86. The van der Waals surface area contributed by atoms with Gasteiger partial charge in [-0.1, -0.05) is 25.1 Å². The summed E-state index contributed by atoms with van der Waals surface area (Å²) in [4.78, 5) is 11.6. The number of anilines is 2. The molecule has 0 saturated carbocycles. The fourth-order valence-electron chi connectivity index (χ4n) is 2.18. The topological polar surface area (TPSA) is 37.8 Å². The maximum atomic E-state index is 4.65. The summed E-state index contributed by atoms with van der Waals surface area (Å²) in [6.45, 7) is 6.29. The summed E-state index contributed by atoms with van der Waals surface area (Å²) in [5.74, 6) is 1.79. The third-order valence-corrected chi connectivity index (χ3v) is 4.22. The average Bonchev–Trinajstić information content (AvgIpc) is 2.81. The number of nitrogens with zero attached hydrogens (tertiary/aromatic N) is 2. The lowest BCUT2D eigenvalue weighted by Gasteiger charge is -2.10. The van der Waals surface area contributed by atoms with E-state index in [0.29, 0.717) is 0 Å². The van der Waals surface area contributed by atoms with Crippen LogP contribution in [0.4, 0.5) is 11.5 Å². The summed E-state index contributed by atoms with van der Waals surface area (Å²) >= 11 is 1.72. The molecule has 2 heterocycles. The largest absolute Gasteiger partial charge is 0.339 e. The summed E-state index contributed by atoms with van der Waals surface area (Å²) < 4.78 is 0. The van der Waals surface area contributed by atoms with E-state index in [0.717, 1.165) is 34.0 Å². The molecule has 0 unspecified atom stereocenters. The molecule has 2 aromatic heterocycles. The van der Waals surface area contributed by atoms with Crippen LogP contribution in [0.25, 0.3) is 10.2 Å². The van der Waals surface area contributed by atoms with Crippen LogP contribution in [0.5, 0.6) is 0 Å². The van der Waals surface area contributed by atoms with Crippen LogP contribution in [0.2, 0.25) is 0 Å². The molecule has 0 bridgehead atoms.